The van der Waals surface area contributed by atoms with E-state index in [-0.39, 0.29) is 5.91 Å². The van der Waals surface area contributed by atoms with Crippen molar-refractivity contribution in [2.24, 2.45) is 5.92 Å². The van der Waals surface area contributed by atoms with Gasteiger partial charge < -0.3 is 4.90 Å². The molecular formula is C25H34N2O. The fraction of sp³-hybridized carbons (Fsp3) is 0.480. The van der Waals surface area contributed by atoms with Crippen LogP contribution >= 0.6 is 0 Å². The Labute approximate surface area is 170 Å². The van der Waals surface area contributed by atoms with E-state index in [1.165, 1.54) is 11.1 Å². The van der Waals surface area contributed by atoms with Crippen LogP contribution in [-0.4, -0.2) is 41.4 Å². The molecule has 0 unspecified atom stereocenters. The highest BCUT2D eigenvalue weighted by atomic mass is 16.2. The fourth-order valence-corrected chi connectivity index (χ4v) is 4.12. The third-order valence-corrected chi connectivity index (χ3v) is 5.99. The van der Waals surface area contributed by atoms with Gasteiger partial charge in [0.15, 0.2) is 0 Å². The number of likely N-dealkylation sites (tertiary alicyclic amines) is 1. The number of nitrogens with zero attached hydrogens (tertiary/aromatic N) is 2. The van der Waals surface area contributed by atoms with Crippen LogP contribution in [0, 0.1) is 5.92 Å². The molecular weight excluding hydrogens is 344 g/mol. The summed E-state index contributed by atoms with van der Waals surface area (Å²) in [5.41, 5.74) is 3.50. The number of amides is 1. The van der Waals surface area contributed by atoms with Crippen LogP contribution in [0.4, 0.5) is 0 Å². The monoisotopic (exact) mass is 378 g/mol. The van der Waals surface area contributed by atoms with Gasteiger partial charge in [0.25, 0.3) is 5.91 Å². The summed E-state index contributed by atoms with van der Waals surface area (Å²) in [6.45, 7) is 10.4. The van der Waals surface area contributed by atoms with Crippen LogP contribution in [0.5, 0.6) is 0 Å². The standard InChI is InChI=1S/C25H34N2O/c1-4-26(20(2)3)19-23-10-12-24(13-11-23)25(28)27-16-14-22(15-17-27)18-21-8-6-5-7-9-21/h5-13,20,22H,4,14-19H2,1-3H3. The van der Waals surface area contributed by atoms with Crippen LogP contribution in [0.25, 0.3) is 0 Å². The van der Waals surface area contributed by atoms with Crippen molar-refractivity contribution < 1.29 is 4.79 Å². The van der Waals surface area contributed by atoms with Crippen LogP contribution in [-0.2, 0) is 13.0 Å². The second-order valence-electron chi connectivity index (χ2n) is 8.28. The van der Waals surface area contributed by atoms with Crippen molar-refractivity contribution in [1.82, 2.24) is 9.80 Å². The lowest BCUT2D eigenvalue weighted by Crippen LogP contribution is -2.38. The van der Waals surface area contributed by atoms with Crippen LogP contribution in [0.3, 0.4) is 0 Å². The second kappa shape index (κ2) is 9.88. The number of hydrogen-bond acceptors (Lipinski definition) is 2. The topological polar surface area (TPSA) is 23.6 Å². The number of benzene rings is 2. The molecule has 0 radical (unpaired) electrons. The van der Waals surface area contributed by atoms with Crippen molar-refractivity contribution in [3.63, 3.8) is 0 Å². The molecule has 1 amide bonds. The summed E-state index contributed by atoms with van der Waals surface area (Å²) in [5, 5.41) is 0. The average Bonchev–Trinajstić information content (AvgIpc) is 2.73. The normalized spacial score (nSPS) is 15.4. The minimum absolute atomic E-state index is 0.181. The Morgan fingerprint density at radius 1 is 1.00 bits per heavy atom. The lowest BCUT2D eigenvalue weighted by Gasteiger charge is -2.32. The molecule has 150 valence electrons. The van der Waals surface area contributed by atoms with E-state index >= 15 is 0 Å². The minimum atomic E-state index is 0.181. The quantitative estimate of drug-likeness (QED) is 0.676. The molecule has 0 aromatic heterocycles. The molecule has 0 spiro atoms. The first kappa shape index (κ1) is 20.6. The third kappa shape index (κ3) is 5.45. The van der Waals surface area contributed by atoms with Gasteiger partial charge in [0.05, 0.1) is 0 Å². The van der Waals surface area contributed by atoms with Gasteiger partial charge in [0.1, 0.15) is 0 Å². The van der Waals surface area contributed by atoms with Crippen molar-refractivity contribution >= 4 is 5.91 Å². The smallest absolute Gasteiger partial charge is 0.253 e. The molecule has 3 heteroatoms. The Morgan fingerprint density at radius 3 is 2.21 bits per heavy atom. The summed E-state index contributed by atoms with van der Waals surface area (Å²) in [5.74, 6) is 0.866. The Hall–Kier alpha value is -2.13. The van der Waals surface area contributed by atoms with Gasteiger partial charge in [-0.15, -0.1) is 0 Å². The third-order valence-electron chi connectivity index (χ3n) is 5.99. The van der Waals surface area contributed by atoms with E-state index in [2.05, 4.69) is 68.1 Å². The summed E-state index contributed by atoms with van der Waals surface area (Å²) < 4.78 is 0. The van der Waals surface area contributed by atoms with Gasteiger partial charge in [-0.3, -0.25) is 9.69 Å². The largest absolute Gasteiger partial charge is 0.339 e. The molecule has 1 fully saturated rings. The number of hydrogen-bond donors (Lipinski definition) is 0. The Morgan fingerprint density at radius 2 is 1.64 bits per heavy atom. The van der Waals surface area contributed by atoms with E-state index in [9.17, 15) is 4.79 Å². The first-order chi connectivity index (χ1) is 13.6. The maximum Gasteiger partial charge on any atom is 0.253 e. The van der Waals surface area contributed by atoms with Crippen molar-refractivity contribution in [3.8, 4) is 0 Å². The summed E-state index contributed by atoms with van der Waals surface area (Å²) in [4.78, 5) is 17.3. The lowest BCUT2D eigenvalue weighted by molar-refractivity contribution is 0.0690. The zero-order chi connectivity index (χ0) is 19.9. The molecule has 3 nitrogen and oxygen atoms in total. The molecule has 0 atom stereocenters. The van der Waals surface area contributed by atoms with Gasteiger partial charge in [-0.2, -0.15) is 0 Å². The van der Waals surface area contributed by atoms with Gasteiger partial charge in [-0.25, -0.2) is 0 Å². The van der Waals surface area contributed by atoms with E-state index in [1.54, 1.807) is 0 Å². The Balaban J connectivity index is 1.52. The van der Waals surface area contributed by atoms with Gasteiger partial charge in [0.2, 0.25) is 0 Å². The van der Waals surface area contributed by atoms with Crippen LogP contribution in [0.15, 0.2) is 54.6 Å². The van der Waals surface area contributed by atoms with Gasteiger partial charge in [0, 0.05) is 31.2 Å². The number of carbonyl (C=O) groups is 1. The van der Waals surface area contributed by atoms with Crippen LogP contribution in [0.1, 0.15) is 55.1 Å². The van der Waals surface area contributed by atoms with Crippen molar-refractivity contribution in [3.05, 3.63) is 71.3 Å². The fourth-order valence-electron chi connectivity index (χ4n) is 4.12. The lowest BCUT2D eigenvalue weighted by atomic mass is 9.90. The van der Waals surface area contributed by atoms with Crippen molar-refractivity contribution in [1.29, 1.82) is 0 Å². The summed E-state index contributed by atoms with van der Waals surface area (Å²) in [6.07, 6.45) is 3.32. The second-order valence-corrected chi connectivity index (χ2v) is 8.28. The van der Waals surface area contributed by atoms with Gasteiger partial charge in [-0.1, -0.05) is 49.4 Å². The zero-order valence-electron chi connectivity index (χ0n) is 17.6. The molecule has 1 aliphatic heterocycles. The minimum Gasteiger partial charge on any atom is -0.339 e. The molecule has 0 aliphatic carbocycles. The summed E-state index contributed by atoms with van der Waals surface area (Å²) >= 11 is 0. The zero-order valence-corrected chi connectivity index (χ0v) is 17.6. The number of piperidine rings is 1. The van der Waals surface area contributed by atoms with E-state index in [0.717, 1.165) is 51.0 Å². The van der Waals surface area contributed by atoms with Crippen molar-refractivity contribution in [2.45, 2.75) is 52.6 Å². The SMILES string of the molecule is CCN(Cc1ccc(C(=O)N2CCC(Cc3ccccc3)CC2)cc1)C(C)C. The average molecular weight is 379 g/mol. The van der Waals surface area contributed by atoms with Crippen LogP contribution in [0.2, 0.25) is 0 Å². The Kier molecular flexibility index (Phi) is 7.27. The molecule has 0 saturated carbocycles. The maximum atomic E-state index is 12.9. The van der Waals surface area contributed by atoms with Gasteiger partial charge >= 0.3 is 0 Å². The van der Waals surface area contributed by atoms with Crippen molar-refractivity contribution in [2.75, 3.05) is 19.6 Å². The predicted octanol–water partition coefficient (Wildman–Crippen LogP) is 5.01. The Bertz CT molecular complexity index is 731. The predicted molar refractivity (Wildman–Crippen MR) is 116 cm³/mol. The first-order valence-electron chi connectivity index (χ1n) is 10.7. The highest BCUT2D eigenvalue weighted by Crippen LogP contribution is 2.23. The molecule has 3 rings (SSSR count). The van der Waals surface area contributed by atoms with E-state index in [4.69, 9.17) is 0 Å². The summed E-state index contributed by atoms with van der Waals surface area (Å²) in [6, 6.07) is 19.5. The first-order valence-corrected chi connectivity index (χ1v) is 10.7. The van der Waals surface area contributed by atoms with E-state index < -0.39 is 0 Å². The molecule has 1 heterocycles. The van der Waals surface area contributed by atoms with Crippen LogP contribution < -0.4 is 0 Å². The molecule has 28 heavy (non-hydrogen) atoms. The molecule has 0 N–H and O–H groups in total. The highest BCUT2D eigenvalue weighted by molar-refractivity contribution is 5.94. The van der Waals surface area contributed by atoms with E-state index in [0.29, 0.717) is 12.0 Å². The number of rotatable bonds is 7. The van der Waals surface area contributed by atoms with E-state index in [1.807, 2.05) is 17.0 Å². The molecule has 2 aromatic carbocycles. The molecule has 1 saturated heterocycles. The molecule has 2 aromatic rings. The number of carbonyl (C=O) groups excluding carboxylic acids is 1. The van der Waals surface area contributed by atoms with Gasteiger partial charge in [-0.05, 0) is 68.8 Å². The molecule has 0 bridgehead atoms. The summed E-state index contributed by atoms with van der Waals surface area (Å²) in [7, 11) is 0. The maximum absolute atomic E-state index is 12.9. The highest BCUT2D eigenvalue weighted by Gasteiger charge is 2.23. The molecule has 1 aliphatic rings.